The average Bonchev–Trinajstić information content (AvgIpc) is 3.65. The number of nitrogens with one attached hydrogen (secondary N) is 1. The molecule has 0 aromatic heterocycles. The van der Waals surface area contributed by atoms with E-state index in [2.05, 4.69) is 10.5 Å². The maximum Gasteiger partial charge on any atom is 0.247 e. The van der Waals surface area contributed by atoms with Gasteiger partial charge in [0.2, 0.25) is 12.2 Å². The number of hydrogen-bond acceptors (Lipinski definition) is 12. The maximum absolute atomic E-state index is 13.2. The predicted octanol–water partition coefficient (Wildman–Crippen LogP) is 0.941. The van der Waals surface area contributed by atoms with Gasteiger partial charge >= 0.3 is 0 Å². The van der Waals surface area contributed by atoms with E-state index in [-0.39, 0.29) is 36.1 Å². The van der Waals surface area contributed by atoms with Gasteiger partial charge in [-0.1, -0.05) is 23.4 Å². The quantitative estimate of drug-likeness (QED) is 0.131. The smallest absolute Gasteiger partial charge is 0.247 e. The highest BCUT2D eigenvalue weighted by molar-refractivity contribution is 5.98. The van der Waals surface area contributed by atoms with Crippen LogP contribution in [0, 0.1) is 5.82 Å². The number of carbonyl (C=O) groups excluding carboxylic acids is 1. The molecule has 13 nitrogen and oxygen atoms in total. The number of oxime groups is 1. The van der Waals surface area contributed by atoms with E-state index < -0.39 is 67.1 Å². The van der Waals surface area contributed by atoms with Crippen LogP contribution in [0.25, 0.3) is 6.08 Å². The average molecular weight is 633 g/mol. The number of phenols is 1. The standard InChI is InChI=1S/C31H37FN2O11/c1-14(31(40)33-24-25(37)27(39)30-29(26(24)38)41-13-42-30)10-17-4-9-22(20(35)11-17)43-23-12-21(36)28(44-23)16(3)45-34-15(2)18-5-7-19(32)8-6-18/h4-11,16,21,23-30,35-39H,12-13H2,1-3H3,(H,33,40)/b14-10+,34-15?/t16?,21-,23+,24+,25-,26+,27+,28+,29-,30+/m0/s1. The summed E-state index contributed by atoms with van der Waals surface area (Å²) in [5, 5.41) is 59.1. The Morgan fingerprint density at radius 3 is 2.42 bits per heavy atom. The van der Waals surface area contributed by atoms with Crippen molar-refractivity contribution in [2.45, 2.75) is 88.4 Å². The van der Waals surface area contributed by atoms with Gasteiger partial charge in [-0.2, -0.15) is 0 Å². The topological polar surface area (TPSA) is 189 Å². The van der Waals surface area contributed by atoms with Crippen LogP contribution in [-0.2, 0) is 23.8 Å². The van der Waals surface area contributed by atoms with Crippen molar-refractivity contribution in [2.24, 2.45) is 5.16 Å². The number of aliphatic hydroxyl groups is 4. The van der Waals surface area contributed by atoms with Crippen molar-refractivity contribution < 1.29 is 58.5 Å². The van der Waals surface area contributed by atoms with Gasteiger partial charge in [-0.25, -0.2) is 4.39 Å². The molecule has 3 fully saturated rings. The van der Waals surface area contributed by atoms with Crippen LogP contribution in [0.2, 0.25) is 0 Å². The van der Waals surface area contributed by atoms with Crippen LogP contribution in [0.4, 0.5) is 4.39 Å². The SMILES string of the molecule is CC(=NOC(C)[C@H]1O[C@@H](Oc2ccc(/C=C(\C)C(=O)N[C@@H]3[C@H](O)[C@@H](O)[C@H]4OCO[C@H]4[C@@H]3O)cc2O)C[C@@H]1O)c1ccc(F)cc1. The summed E-state index contributed by atoms with van der Waals surface area (Å²) in [6, 6.07) is 9.03. The van der Waals surface area contributed by atoms with E-state index in [1.807, 2.05) is 0 Å². The van der Waals surface area contributed by atoms with E-state index >= 15 is 0 Å². The fourth-order valence-electron chi connectivity index (χ4n) is 5.52. The Kier molecular flexibility index (Phi) is 10.0. The van der Waals surface area contributed by atoms with Gasteiger partial charge in [0.25, 0.3) is 0 Å². The van der Waals surface area contributed by atoms with Crippen LogP contribution in [0.5, 0.6) is 11.5 Å². The van der Waals surface area contributed by atoms with Crippen LogP contribution >= 0.6 is 0 Å². The van der Waals surface area contributed by atoms with E-state index in [1.165, 1.54) is 37.3 Å². The Bertz CT molecular complexity index is 1420. The third-order valence-corrected chi connectivity index (χ3v) is 8.09. The highest BCUT2D eigenvalue weighted by Crippen LogP contribution is 2.33. The molecule has 0 radical (unpaired) electrons. The summed E-state index contributed by atoms with van der Waals surface area (Å²) in [6.45, 7) is 4.75. The number of rotatable bonds is 9. The van der Waals surface area contributed by atoms with Crippen molar-refractivity contribution in [1.82, 2.24) is 5.32 Å². The van der Waals surface area contributed by atoms with E-state index in [1.54, 1.807) is 32.0 Å². The summed E-state index contributed by atoms with van der Waals surface area (Å²) >= 11 is 0. The molecule has 10 atom stereocenters. The molecule has 5 rings (SSSR count). The van der Waals surface area contributed by atoms with Crippen molar-refractivity contribution in [3.05, 3.63) is 65.0 Å². The number of aromatic hydroxyl groups is 1. The molecule has 2 aliphatic heterocycles. The number of carbonyl (C=O) groups is 1. The summed E-state index contributed by atoms with van der Waals surface area (Å²) in [4.78, 5) is 18.4. The molecule has 1 aliphatic carbocycles. The molecule has 2 heterocycles. The fourth-order valence-corrected chi connectivity index (χ4v) is 5.52. The van der Waals surface area contributed by atoms with E-state index in [0.717, 1.165) is 0 Å². The van der Waals surface area contributed by atoms with Crippen LogP contribution in [0.1, 0.15) is 38.3 Å². The number of aliphatic hydroxyl groups excluding tert-OH is 4. The first kappa shape index (κ1) is 32.8. The maximum atomic E-state index is 13.2. The van der Waals surface area contributed by atoms with Crippen molar-refractivity contribution >= 4 is 17.7 Å². The molecule has 14 heteroatoms. The number of halogens is 1. The number of benzene rings is 2. The molecule has 2 aromatic rings. The Morgan fingerprint density at radius 1 is 1.04 bits per heavy atom. The molecule has 6 N–H and O–H groups in total. The highest BCUT2D eigenvalue weighted by atomic mass is 19.1. The minimum atomic E-state index is -1.48. The zero-order chi connectivity index (χ0) is 32.4. The molecule has 2 saturated heterocycles. The molecule has 1 amide bonds. The molecule has 3 aliphatic rings. The van der Waals surface area contributed by atoms with Gasteiger partial charge in [0.05, 0.1) is 17.9 Å². The first-order chi connectivity index (χ1) is 21.4. The van der Waals surface area contributed by atoms with E-state index in [0.29, 0.717) is 16.8 Å². The molecule has 244 valence electrons. The van der Waals surface area contributed by atoms with Crippen LogP contribution in [0.15, 0.2) is 53.2 Å². The number of phenolic OH excluding ortho intramolecular Hbond substituents is 1. The number of hydrogen-bond donors (Lipinski definition) is 6. The zero-order valence-electron chi connectivity index (χ0n) is 24.8. The Morgan fingerprint density at radius 2 is 1.73 bits per heavy atom. The second-order valence-electron chi connectivity index (χ2n) is 11.4. The number of ether oxygens (including phenoxy) is 4. The van der Waals surface area contributed by atoms with Crippen molar-refractivity contribution in [3.63, 3.8) is 0 Å². The number of amides is 1. The van der Waals surface area contributed by atoms with Crippen LogP contribution in [-0.4, -0.2) is 105 Å². The minimum absolute atomic E-state index is 0.0848. The van der Waals surface area contributed by atoms with E-state index in [4.69, 9.17) is 23.8 Å². The summed E-state index contributed by atoms with van der Waals surface area (Å²) in [6.07, 6.45) is -7.62. The predicted molar refractivity (Wildman–Crippen MR) is 155 cm³/mol. The van der Waals surface area contributed by atoms with Crippen molar-refractivity contribution in [3.8, 4) is 11.5 Å². The second kappa shape index (κ2) is 13.8. The van der Waals surface area contributed by atoms with Gasteiger partial charge in [0.15, 0.2) is 17.6 Å². The molecule has 0 spiro atoms. The summed E-state index contributed by atoms with van der Waals surface area (Å²) < 4.78 is 35.3. The third kappa shape index (κ3) is 7.28. The molecule has 2 aromatic carbocycles. The lowest BCUT2D eigenvalue weighted by atomic mass is 9.83. The third-order valence-electron chi connectivity index (χ3n) is 8.09. The lowest BCUT2D eigenvalue weighted by molar-refractivity contribution is -0.155. The van der Waals surface area contributed by atoms with Crippen LogP contribution < -0.4 is 10.1 Å². The van der Waals surface area contributed by atoms with Crippen LogP contribution in [0.3, 0.4) is 0 Å². The number of nitrogens with zero attached hydrogens (tertiary/aromatic N) is 1. The Labute approximate surface area is 258 Å². The van der Waals surface area contributed by atoms with Gasteiger partial charge in [0, 0.05) is 12.0 Å². The number of fused-ring (bicyclic) bond motifs is 1. The highest BCUT2D eigenvalue weighted by Gasteiger charge is 2.53. The molecule has 0 bridgehead atoms. The van der Waals surface area contributed by atoms with Crippen molar-refractivity contribution in [2.75, 3.05) is 6.79 Å². The van der Waals surface area contributed by atoms with Gasteiger partial charge in [-0.05, 0) is 62.2 Å². The molecular weight excluding hydrogens is 595 g/mol. The Hall–Kier alpha value is -3.63. The normalized spacial score (nSPS) is 32.6. The van der Waals surface area contributed by atoms with Gasteiger partial charge < -0.3 is 54.6 Å². The van der Waals surface area contributed by atoms with Gasteiger partial charge in [-0.3, -0.25) is 4.79 Å². The van der Waals surface area contributed by atoms with Crippen molar-refractivity contribution in [1.29, 1.82) is 0 Å². The second-order valence-corrected chi connectivity index (χ2v) is 11.4. The first-order valence-electron chi connectivity index (χ1n) is 14.5. The Balaban J connectivity index is 1.16. The largest absolute Gasteiger partial charge is 0.504 e. The lowest BCUT2D eigenvalue weighted by Crippen LogP contribution is -2.67. The van der Waals surface area contributed by atoms with Gasteiger partial charge in [-0.15, -0.1) is 0 Å². The lowest BCUT2D eigenvalue weighted by Gasteiger charge is -2.41. The molecule has 1 unspecified atom stereocenters. The molecular formula is C31H37FN2O11. The first-order valence-corrected chi connectivity index (χ1v) is 14.5. The summed E-state index contributed by atoms with van der Waals surface area (Å²) in [5.41, 5.74) is 1.84. The minimum Gasteiger partial charge on any atom is -0.504 e. The molecule has 45 heavy (non-hydrogen) atoms. The zero-order valence-corrected chi connectivity index (χ0v) is 24.8. The monoisotopic (exact) mass is 632 g/mol. The van der Waals surface area contributed by atoms with E-state index in [9.17, 15) is 34.7 Å². The fraction of sp³-hybridized carbons (Fsp3) is 0.484. The summed E-state index contributed by atoms with van der Waals surface area (Å²) in [7, 11) is 0. The van der Waals surface area contributed by atoms with Gasteiger partial charge in [0.1, 0.15) is 49.2 Å². The summed E-state index contributed by atoms with van der Waals surface area (Å²) in [5.74, 6) is -1.14. The molecule has 1 saturated carbocycles.